The van der Waals surface area contributed by atoms with Crippen LogP contribution in [0.5, 0.6) is 5.75 Å². The highest BCUT2D eigenvalue weighted by molar-refractivity contribution is 6.37. The van der Waals surface area contributed by atoms with Crippen molar-refractivity contribution in [3.05, 3.63) is 51.6 Å². The van der Waals surface area contributed by atoms with Crippen molar-refractivity contribution in [1.29, 1.82) is 0 Å². The minimum atomic E-state index is -4.55. The third-order valence-corrected chi connectivity index (χ3v) is 5.48. The Hall–Kier alpha value is -3.32. The molecule has 0 fully saturated rings. The van der Waals surface area contributed by atoms with Crippen LogP contribution >= 0.6 is 23.2 Å². The first kappa shape index (κ1) is 24.8. The molecule has 15 heteroatoms. The molecule has 0 aliphatic carbocycles. The third-order valence-electron chi connectivity index (χ3n) is 4.96. The van der Waals surface area contributed by atoms with Crippen molar-refractivity contribution in [3.8, 4) is 17.0 Å². The highest BCUT2D eigenvalue weighted by Gasteiger charge is 2.33. The molecule has 0 atom stereocenters. The van der Waals surface area contributed by atoms with Crippen LogP contribution in [-0.2, 0) is 19.6 Å². The zero-order valence-corrected chi connectivity index (χ0v) is 19.3. The van der Waals surface area contributed by atoms with Crippen LogP contribution < -0.4 is 15.8 Å². The molecule has 3 heterocycles. The summed E-state index contributed by atoms with van der Waals surface area (Å²) in [4.78, 5) is 21.8. The number of ether oxygens (including phenoxy) is 1. The number of halogens is 6. The number of benzene rings is 1. The topological polar surface area (TPSA) is 111 Å². The number of alkyl halides is 3. The number of carbonyl (C=O) groups is 1. The molecule has 3 N–H and O–H groups in total. The lowest BCUT2D eigenvalue weighted by Crippen LogP contribution is -2.41. The quantitative estimate of drug-likeness (QED) is 0.462. The van der Waals surface area contributed by atoms with E-state index in [2.05, 4.69) is 15.1 Å². The summed E-state index contributed by atoms with van der Waals surface area (Å²) in [5, 5.41) is 6.10. The summed E-state index contributed by atoms with van der Waals surface area (Å²) in [7, 11) is 0. The number of anilines is 1. The lowest BCUT2D eigenvalue weighted by molar-refractivity contribution is -0.123. The average molecular weight is 534 g/mol. The molecule has 35 heavy (non-hydrogen) atoms. The second-order valence-electron chi connectivity index (χ2n) is 7.52. The van der Waals surface area contributed by atoms with Crippen molar-refractivity contribution in [2.75, 3.05) is 18.9 Å². The van der Waals surface area contributed by atoms with E-state index in [1.807, 2.05) is 5.32 Å². The summed E-state index contributed by atoms with van der Waals surface area (Å²) in [6.45, 7) is -1.35. The minimum Gasteiger partial charge on any atom is -0.491 e. The summed E-state index contributed by atoms with van der Waals surface area (Å²) < 4.78 is 57.9. The lowest BCUT2D eigenvalue weighted by atomic mass is 10.0. The summed E-state index contributed by atoms with van der Waals surface area (Å²) in [5.74, 6) is -0.386. The number of nitrogen functional groups attached to an aromatic ring is 1. The summed E-state index contributed by atoms with van der Waals surface area (Å²) in [5.41, 5.74) is 7.24. The Morgan fingerprint density at radius 1 is 1.23 bits per heavy atom. The summed E-state index contributed by atoms with van der Waals surface area (Å²) >= 11 is 12.6. The molecule has 0 unspecified atom stereocenters. The van der Waals surface area contributed by atoms with Gasteiger partial charge >= 0.3 is 12.2 Å². The maximum atomic E-state index is 13.2. The van der Waals surface area contributed by atoms with Gasteiger partial charge in [-0.15, -0.1) is 0 Å². The van der Waals surface area contributed by atoms with Crippen LogP contribution in [0, 0.1) is 5.82 Å². The lowest BCUT2D eigenvalue weighted by Gasteiger charge is -2.18. The third kappa shape index (κ3) is 5.85. The fourth-order valence-electron chi connectivity index (χ4n) is 3.52. The van der Waals surface area contributed by atoms with Crippen LogP contribution in [0.15, 0.2) is 24.5 Å². The molecule has 0 radical (unpaired) electrons. The van der Waals surface area contributed by atoms with Crippen molar-refractivity contribution in [3.63, 3.8) is 0 Å². The SMILES string of the molecule is Nc1nc2c(c(-c3c(Cl)cc(Cl)cc3OCCn3cc(F)cn3)n1)CN(C(=O)NCC(F)(F)F)C2. The predicted molar refractivity (Wildman–Crippen MR) is 118 cm³/mol. The van der Waals surface area contributed by atoms with Crippen LogP contribution in [0.25, 0.3) is 11.3 Å². The van der Waals surface area contributed by atoms with Gasteiger partial charge < -0.3 is 20.7 Å². The van der Waals surface area contributed by atoms with Crippen molar-refractivity contribution in [1.82, 2.24) is 30.0 Å². The number of carbonyl (C=O) groups excluding carboxylic acids is 1. The van der Waals surface area contributed by atoms with Gasteiger partial charge in [-0.1, -0.05) is 23.2 Å². The second kappa shape index (κ2) is 9.74. The van der Waals surface area contributed by atoms with E-state index in [4.69, 9.17) is 33.7 Å². The van der Waals surface area contributed by atoms with Crippen molar-refractivity contribution in [2.45, 2.75) is 25.8 Å². The van der Waals surface area contributed by atoms with Gasteiger partial charge in [0.2, 0.25) is 5.95 Å². The first-order chi connectivity index (χ1) is 16.5. The zero-order chi connectivity index (χ0) is 25.3. The van der Waals surface area contributed by atoms with Gasteiger partial charge in [0.1, 0.15) is 18.9 Å². The summed E-state index contributed by atoms with van der Waals surface area (Å²) in [6.07, 6.45) is -2.29. The number of fused-ring (bicyclic) bond motifs is 1. The van der Waals surface area contributed by atoms with Gasteiger partial charge in [0.25, 0.3) is 0 Å². The molecule has 2 aromatic heterocycles. The molecule has 1 aromatic carbocycles. The molecule has 186 valence electrons. The van der Waals surface area contributed by atoms with Crippen molar-refractivity contribution in [2.24, 2.45) is 0 Å². The van der Waals surface area contributed by atoms with E-state index in [1.165, 1.54) is 23.0 Å². The Bertz CT molecular complexity index is 1270. The fraction of sp³-hybridized carbons (Fsp3) is 0.300. The Balaban J connectivity index is 1.62. The van der Waals surface area contributed by atoms with E-state index in [0.717, 1.165) is 11.1 Å². The van der Waals surface area contributed by atoms with Crippen LogP contribution in [0.3, 0.4) is 0 Å². The van der Waals surface area contributed by atoms with E-state index >= 15 is 0 Å². The van der Waals surface area contributed by atoms with Crippen LogP contribution in [0.2, 0.25) is 10.0 Å². The van der Waals surface area contributed by atoms with Gasteiger partial charge in [-0.05, 0) is 12.1 Å². The highest BCUT2D eigenvalue weighted by Crippen LogP contribution is 2.42. The molecule has 0 saturated heterocycles. The Morgan fingerprint density at radius 2 is 2.00 bits per heavy atom. The Kier molecular flexibility index (Phi) is 6.90. The predicted octanol–water partition coefficient (Wildman–Crippen LogP) is 4.03. The van der Waals surface area contributed by atoms with Gasteiger partial charge in [0.05, 0.1) is 54.0 Å². The molecule has 9 nitrogen and oxygen atoms in total. The molecule has 2 amide bonds. The van der Waals surface area contributed by atoms with Gasteiger partial charge in [-0.2, -0.15) is 18.3 Å². The zero-order valence-electron chi connectivity index (χ0n) is 17.7. The fourth-order valence-corrected chi connectivity index (χ4v) is 4.08. The molecular formula is C20H17Cl2F4N7O2. The van der Waals surface area contributed by atoms with Gasteiger partial charge in [-0.25, -0.2) is 19.2 Å². The number of hydrogen-bond donors (Lipinski definition) is 2. The van der Waals surface area contributed by atoms with E-state index in [9.17, 15) is 22.4 Å². The first-order valence-corrected chi connectivity index (χ1v) is 10.8. The standard InChI is InChI=1S/C20H17Cl2F4N7O2/c21-10-3-13(22)16(15(4-10)35-2-1-33-6-11(23)5-29-33)17-12-7-32(8-14(12)30-18(27)31-17)19(34)28-9-20(24,25)26/h3-6H,1-2,7-9H2,(H,28,34)(H2,27,30,31). The van der Waals surface area contributed by atoms with E-state index in [-0.39, 0.29) is 53.7 Å². The molecule has 1 aliphatic rings. The maximum absolute atomic E-state index is 13.2. The molecule has 0 bridgehead atoms. The Labute approximate surface area is 205 Å². The van der Waals surface area contributed by atoms with E-state index in [1.54, 1.807) is 0 Å². The van der Waals surface area contributed by atoms with Crippen LogP contribution in [0.1, 0.15) is 11.3 Å². The van der Waals surface area contributed by atoms with Crippen molar-refractivity contribution < 1.29 is 27.1 Å². The highest BCUT2D eigenvalue weighted by atomic mass is 35.5. The van der Waals surface area contributed by atoms with Gasteiger partial charge in [0.15, 0.2) is 5.82 Å². The number of nitrogens with zero attached hydrogens (tertiary/aromatic N) is 5. The largest absolute Gasteiger partial charge is 0.491 e. The average Bonchev–Trinajstić information content (AvgIpc) is 3.37. The molecule has 0 spiro atoms. The Morgan fingerprint density at radius 3 is 2.69 bits per heavy atom. The van der Waals surface area contributed by atoms with Gasteiger partial charge in [-0.3, -0.25) is 4.68 Å². The monoisotopic (exact) mass is 533 g/mol. The molecular weight excluding hydrogens is 517 g/mol. The van der Waals surface area contributed by atoms with Gasteiger partial charge in [0, 0.05) is 10.6 Å². The maximum Gasteiger partial charge on any atom is 0.405 e. The molecule has 4 rings (SSSR count). The number of hydrogen-bond acceptors (Lipinski definition) is 6. The van der Waals surface area contributed by atoms with E-state index < -0.39 is 24.6 Å². The smallest absolute Gasteiger partial charge is 0.405 e. The van der Waals surface area contributed by atoms with Crippen molar-refractivity contribution >= 4 is 35.2 Å². The second-order valence-corrected chi connectivity index (χ2v) is 8.36. The van der Waals surface area contributed by atoms with Crippen LogP contribution in [-0.4, -0.2) is 50.0 Å². The number of rotatable bonds is 6. The number of amides is 2. The molecule has 3 aromatic rings. The normalized spacial score (nSPS) is 13.1. The van der Waals surface area contributed by atoms with Crippen LogP contribution in [0.4, 0.5) is 28.3 Å². The number of aromatic nitrogens is 4. The summed E-state index contributed by atoms with van der Waals surface area (Å²) in [6, 6.07) is 2.04. The number of urea groups is 1. The first-order valence-electron chi connectivity index (χ1n) is 10.0. The number of nitrogens with two attached hydrogens (primary N) is 1. The minimum absolute atomic E-state index is 0.0690. The molecule has 0 saturated carbocycles. The molecule has 1 aliphatic heterocycles. The number of nitrogens with one attached hydrogen (secondary N) is 1. The van der Waals surface area contributed by atoms with E-state index in [0.29, 0.717) is 16.8 Å².